The van der Waals surface area contributed by atoms with Crippen LogP contribution in [0, 0.1) is 0 Å². The standard InChI is InChI=1S/C12H8Cl2O/c1-2-9-4-6-12(15-9)10-7-8(13)3-5-11(10)14/h2-7H,1H2. The number of hydrogen-bond acceptors (Lipinski definition) is 1. The summed E-state index contributed by atoms with van der Waals surface area (Å²) >= 11 is 11.9. The second-order valence-electron chi connectivity index (χ2n) is 3.03. The van der Waals surface area contributed by atoms with E-state index in [1.807, 2.05) is 12.1 Å². The first-order chi connectivity index (χ1) is 7.20. The van der Waals surface area contributed by atoms with Crippen molar-refractivity contribution in [2.45, 2.75) is 0 Å². The summed E-state index contributed by atoms with van der Waals surface area (Å²) in [5.41, 5.74) is 0.789. The average molecular weight is 239 g/mol. The van der Waals surface area contributed by atoms with Crippen molar-refractivity contribution >= 4 is 29.3 Å². The largest absolute Gasteiger partial charge is 0.457 e. The Kier molecular flexibility index (Phi) is 2.85. The lowest BCUT2D eigenvalue weighted by Gasteiger charge is -2.00. The minimum atomic E-state index is 0.615. The van der Waals surface area contributed by atoms with Crippen molar-refractivity contribution in [3.63, 3.8) is 0 Å². The maximum absolute atomic E-state index is 6.04. The van der Waals surface area contributed by atoms with Crippen LogP contribution in [0.25, 0.3) is 17.4 Å². The summed E-state index contributed by atoms with van der Waals surface area (Å²) in [6, 6.07) is 8.93. The molecule has 0 unspecified atom stereocenters. The summed E-state index contributed by atoms with van der Waals surface area (Å²) in [5, 5.41) is 1.25. The lowest BCUT2D eigenvalue weighted by atomic mass is 10.2. The van der Waals surface area contributed by atoms with E-state index in [0.717, 1.165) is 5.56 Å². The van der Waals surface area contributed by atoms with Crippen molar-refractivity contribution in [3.8, 4) is 11.3 Å². The molecule has 1 heterocycles. The molecule has 0 fully saturated rings. The molecule has 0 aliphatic rings. The summed E-state index contributed by atoms with van der Waals surface area (Å²) in [6.45, 7) is 3.63. The zero-order chi connectivity index (χ0) is 10.8. The predicted octanol–water partition coefficient (Wildman–Crippen LogP) is 4.90. The maximum Gasteiger partial charge on any atom is 0.136 e. The van der Waals surface area contributed by atoms with Gasteiger partial charge < -0.3 is 4.42 Å². The van der Waals surface area contributed by atoms with Gasteiger partial charge in [0.05, 0.1) is 5.02 Å². The molecule has 0 spiro atoms. The van der Waals surface area contributed by atoms with Crippen LogP contribution in [0.4, 0.5) is 0 Å². The van der Waals surface area contributed by atoms with Crippen molar-refractivity contribution in [2.75, 3.05) is 0 Å². The van der Waals surface area contributed by atoms with E-state index >= 15 is 0 Å². The highest BCUT2D eigenvalue weighted by Crippen LogP contribution is 2.31. The van der Waals surface area contributed by atoms with Gasteiger partial charge in [-0.2, -0.15) is 0 Å². The van der Waals surface area contributed by atoms with Crippen LogP contribution in [-0.2, 0) is 0 Å². The lowest BCUT2D eigenvalue weighted by molar-refractivity contribution is 0.572. The van der Waals surface area contributed by atoms with Gasteiger partial charge in [0, 0.05) is 10.6 Å². The number of furan rings is 1. The molecular weight excluding hydrogens is 231 g/mol. The molecule has 2 rings (SSSR count). The molecule has 76 valence electrons. The van der Waals surface area contributed by atoms with Crippen LogP contribution in [0.15, 0.2) is 41.3 Å². The monoisotopic (exact) mass is 238 g/mol. The highest BCUT2D eigenvalue weighted by atomic mass is 35.5. The third-order valence-electron chi connectivity index (χ3n) is 2.02. The molecule has 1 aromatic heterocycles. The first-order valence-electron chi connectivity index (χ1n) is 4.38. The van der Waals surface area contributed by atoms with E-state index in [0.29, 0.717) is 21.6 Å². The molecule has 15 heavy (non-hydrogen) atoms. The fourth-order valence-electron chi connectivity index (χ4n) is 1.29. The fourth-order valence-corrected chi connectivity index (χ4v) is 1.68. The number of halogens is 2. The Morgan fingerprint density at radius 1 is 1.13 bits per heavy atom. The topological polar surface area (TPSA) is 13.1 Å². The summed E-state index contributed by atoms with van der Waals surface area (Å²) in [5.74, 6) is 1.40. The molecule has 1 aromatic carbocycles. The molecule has 0 aliphatic carbocycles. The van der Waals surface area contributed by atoms with Gasteiger partial charge >= 0.3 is 0 Å². The van der Waals surface area contributed by atoms with Crippen LogP contribution < -0.4 is 0 Å². The first kappa shape index (κ1) is 10.3. The van der Waals surface area contributed by atoms with E-state index < -0.39 is 0 Å². The number of benzene rings is 1. The van der Waals surface area contributed by atoms with Gasteiger partial charge in [0.2, 0.25) is 0 Å². The molecule has 3 heteroatoms. The van der Waals surface area contributed by atoms with E-state index in [4.69, 9.17) is 27.6 Å². The number of rotatable bonds is 2. The maximum atomic E-state index is 6.04. The third kappa shape index (κ3) is 2.09. The Labute approximate surface area is 97.9 Å². The molecule has 0 atom stereocenters. The third-order valence-corrected chi connectivity index (χ3v) is 2.59. The average Bonchev–Trinajstić information content (AvgIpc) is 2.70. The molecule has 0 aliphatic heterocycles. The second kappa shape index (κ2) is 4.13. The highest BCUT2D eigenvalue weighted by Gasteiger charge is 2.08. The molecular formula is C12H8Cl2O. The lowest BCUT2D eigenvalue weighted by Crippen LogP contribution is -1.76. The second-order valence-corrected chi connectivity index (χ2v) is 3.87. The normalized spacial score (nSPS) is 10.3. The van der Waals surface area contributed by atoms with Crippen molar-refractivity contribution in [3.05, 3.63) is 52.7 Å². The van der Waals surface area contributed by atoms with E-state index in [9.17, 15) is 0 Å². The zero-order valence-corrected chi connectivity index (χ0v) is 9.35. The Morgan fingerprint density at radius 2 is 1.93 bits per heavy atom. The Hall–Kier alpha value is -1.18. The Bertz CT molecular complexity index is 500. The molecule has 0 saturated heterocycles. The van der Waals surface area contributed by atoms with Gasteiger partial charge in [0.25, 0.3) is 0 Å². The number of hydrogen-bond donors (Lipinski definition) is 0. The molecule has 0 bridgehead atoms. The smallest absolute Gasteiger partial charge is 0.136 e. The van der Waals surface area contributed by atoms with Gasteiger partial charge in [-0.05, 0) is 36.4 Å². The van der Waals surface area contributed by atoms with Crippen LogP contribution in [0.5, 0.6) is 0 Å². The zero-order valence-electron chi connectivity index (χ0n) is 7.84. The van der Waals surface area contributed by atoms with Crippen LogP contribution >= 0.6 is 23.2 Å². The molecule has 0 N–H and O–H groups in total. The van der Waals surface area contributed by atoms with E-state index in [2.05, 4.69) is 6.58 Å². The van der Waals surface area contributed by atoms with E-state index in [1.165, 1.54) is 0 Å². The minimum absolute atomic E-state index is 0.615. The summed E-state index contributed by atoms with van der Waals surface area (Å²) in [6.07, 6.45) is 1.64. The SMILES string of the molecule is C=Cc1ccc(-c2cc(Cl)ccc2Cl)o1. The van der Waals surface area contributed by atoms with Gasteiger partial charge in [-0.25, -0.2) is 0 Å². The molecule has 0 radical (unpaired) electrons. The first-order valence-corrected chi connectivity index (χ1v) is 5.14. The van der Waals surface area contributed by atoms with E-state index in [-0.39, 0.29) is 0 Å². The van der Waals surface area contributed by atoms with Crippen LogP contribution in [-0.4, -0.2) is 0 Å². The Balaban J connectivity index is 2.52. The molecule has 0 amide bonds. The van der Waals surface area contributed by atoms with E-state index in [1.54, 1.807) is 24.3 Å². The summed E-state index contributed by atoms with van der Waals surface area (Å²) in [7, 11) is 0. The van der Waals surface area contributed by atoms with Crippen LogP contribution in [0.2, 0.25) is 10.0 Å². The minimum Gasteiger partial charge on any atom is -0.457 e. The molecule has 0 saturated carbocycles. The van der Waals surface area contributed by atoms with Crippen molar-refractivity contribution < 1.29 is 4.42 Å². The Morgan fingerprint density at radius 3 is 2.60 bits per heavy atom. The van der Waals surface area contributed by atoms with Gasteiger partial charge in [-0.15, -0.1) is 0 Å². The summed E-state index contributed by atoms with van der Waals surface area (Å²) in [4.78, 5) is 0. The highest BCUT2D eigenvalue weighted by molar-refractivity contribution is 6.35. The van der Waals surface area contributed by atoms with Gasteiger partial charge in [0.15, 0.2) is 0 Å². The molecule has 2 aromatic rings. The van der Waals surface area contributed by atoms with Crippen molar-refractivity contribution in [1.82, 2.24) is 0 Å². The van der Waals surface area contributed by atoms with Gasteiger partial charge in [-0.1, -0.05) is 29.8 Å². The summed E-state index contributed by atoms with van der Waals surface area (Å²) < 4.78 is 5.49. The van der Waals surface area contributed by atoms with Crippen molar-refractivity contribution in [1.29, 1.82) is 0 Å². The van der Waals surface area contributed by atoms with Crippen LogP contribution in [0.1, 0.15) is 5.76 Å². The van der Waals surface area contributed by atoms with Gasteiger partial charge in [0.1, 0.15) is 11.5 Å². The van der Waals surface area contributed by atoms with Crippen molar-refractivity contribution in [2.24, 2.45) is 0 Å². The van der Waals surface area contributed by atoms with Crippen LogP contribution in [0.3, 0.4) is 0 Å². The molecule has 1 nitrogen and oxygen atoms in total. The van der Waals surface area contributed by atoms with Gasteiger partial charge in [-0.3, -0.25) is 0 Å². The quantitative estimate of drug-likeness (QED) is 0.726. The fraction of sp³-hybridized carbons (Fsp3) is 0. The predicted molar refractivity (Wildman–Crippen MR) is 64.3 cm³/mol.